The highest BCUT2D eigenvalue weighted by Gasteiger charge is 2.15. The van der Waals surface area contributed by atoms with Gasteiger partial charge in [0, 0.05) is 12.1 Å². The third-order valence-corrected chi connectivity index (χ3v) is 4.18. The molecule has 0 aliphatic carbocycles. The molecule has 1 amide bonds. The smallest absolute Gasteiger partial charge is 0.273 e. The Labute approximate surface area is 160 Å². The molecular formula is C21H26N2O4. The molecule has 0 aliphatic heterocycles. The van der Waals surface area contributed by atoms with E-state index in [1.807, 2.05) is 42.5 Å². The number of carbonyl (C=O) groups excluding carboxylic acids is 1. The van der Waals surface area contributed by atoms with E-state index in [0.29, 0.717) is 24.5 Å². The number of aryl methyl sites for hydroxylation is 1. The zero-order chi connectivity index (χ0) is 19.6. The Bertz CT molecular complexity index is 785. The molecular weight excluding hydrogens is 344 g/mol. The second kappa shape index (κ2) is 10.2. The van der Waals surface area contributed by atoms with Crippen LogP contribution in [0.3, 0.4) is 0 Å². The molecule has 0 heterocycles. The van der Waals surface area contributed by atoms with E-state index < -0.39 is 0 Å². The van der Waals surface area contributed by atoms with Crippen LogP contribution in [0.25, 0.3) is 0 Å². The van der Waals surface area contributed by atoms with Crippen molar-refractivity contribution >= 4 is 11.6 Å². The first-order valence-corrected chi connectivity index (χ1v) is 8.82. The summed E-state index contributed by atoms with van der Waals surface area (Å²) in [4.78, 5) is 17.4. The van der Waals surface area contributed by atoms with Gasteiger partial charge >= 0.3 is 0 Å². The van der Waals surface area contributed by atoms with Crippen molar-refractivity contribution in [3.8, 4) is 11.5 Å². The fourth-order valence-electron chi connectivity index (χ4n) is 2.66. The molecule has 144 valence electrons. The molecule has 27 heavy (non-hydrogen) atoms. The molecule has 2 rings (SSSR count). The Balaban J connectivity index is 2.00. The SMILES string of the molecule is CCc1ccc(/C(=N/OC)C(=O)NCCc2ccc(OC)c(OC)c2)cc1. The number of nitrogens with one attached hydrogen (secondary N) is 1. The first kappa shape index (κ1) is 20.3. The largest absolute Gasteiger partial charge is 0.493 e. The van der Waals surface area contributed by atoms with Crippen LogP contribution < -0.4 is 14.8 Å². The third-order valence-electron chi connectivity index (χ3n) is 4.18. The molecule has 1 N–H and O–H groups in total. The van der Waals surface area contributed by atoms with Gasteiger partial charge in [-0.15, -0.1) is 0 Å². The highest BCUT2D eigenvalue weighted by molar-refractivity contribution is 6.45. The first-order chi connectivity index (χ1) is 13.1. The number of methoxy groups -OCH3 is 2. The third kappa shape index (κ3) is 5.48. The molecule has 6 heteroatoms. The lowest BCUT2D eigenvalue weighted by Crippen LogP contribution is -2.33. The van der Waals surface area contributed by atoms with E-state index in [1.54, 1.807) is 14.2 Å². The van der Waals surface area contributed by atoms with Crippen LogP contribution in [0.1, 0.15) is 23.6 Å². The average Bonchev–Trinajstić information content (AvgIpc) is 2.71. The highest BCUT2D eigenvalue weighted by atomic mass is 16.6. The summed E-state index contributed by atoms with van der Waals surface area (Å²) in [6.07, 6.45) is 1.59. The van der Waals surface area contributed by atoms with Gasteiger partial charge in [0.1, 0.15) is 7.11 Å². The lowest BCUT2D eigenvalue weighted by Gasteiger charge is -2.11. The number of ether oxygens (including phenoxy) is 2. The molecule has 2 aromatic rings. The summed E-state index contributed by atoms with van der Waals surface area (Å²) in [5.74, 6) is 1.07. The molecule has 0 aliphatic rings. The molecule has 6 nitrogen and oxygen atoms in total. The van der Waals surface area contributed by atoms with Gasteiger partial charge in [0.25, 0.3) is 5.91 Å². The van der Waals surface area contributed by atoms with Crippen LogP contribution in [-0.4, -0.2) is 39.5 Å². The Hall–Kier alpha value is -3.02. The number of hydrogen-bond donors (Lipinski definition) is 1. The lowest BCUT2D eigenvalue weighted by atomic mass is 10.1. The monoisotopic (exact) mass is 370 g/mol. The van der Waals surface area contributed by atoms with E-state index in [2.05, 4.69) is 17.4 Å². The van der Waals surface area contributed by atoms with Crippen LogP contribution in [-0.2, 0) is 22.5 Å². The van der Waals surface area contributed by atoms with Crippen LogP contribution in [0.4, 0.5) is 0 Å². The predicted molar refractivity (Wildman–Crippen MR) is 106 cm³/mol. The normalized spacial score (nSPS) is 11.0. The molecule has 0 fully saturated rings. The maximum atomic E-state index is 12.5. The molecule has 0 aromatic heterocycles. The van der Waals surface area contributed by atoms with E-state index in [4.69, 9.17) is 14.3 Å². The van der Waals surface area contributed by atoms with Gasteiger partial charge in [0.2, 0.25) is 0 Å². The number of nitrogens with zero attached hydrogens (tertiary/aromatic N) is 1. The Morgan fingerprint density at radius 2 is 1.63 bits per heavy atom. The van der Waals surface area contributed by atoms with Crippen molar-refractivity contribution in [2.24, 2.45) is 5.16 Å². The topological polar surface area (TPSA) is 69.2 Å². The summed E-state index contributed by atoms with van der Waals surface area (Å²) in [5.41, 5.74) is 3.21. The zero-order valence-corrected chi connectivity index (χ0v) is 16.2. The van der Waals surface area contributed by atoms with Crippen LogP contribution >= 0.6 is 0 Å². The van der Waals surface area contributed by atoms with Crippen molar-refractivity contribution in [3.05, 3.63) is 59.2 Å². The predicted octanol–water partition coefficient (Wildman–Crippen LogP) is 2.98. The summed E-state index contributed by atoms with van der Waals surface area (Å²) in [6.45, 7) is 2.55. The maximum Gasteiger partial charge on any atom is 0.273 e. The fraction of sp³-hybridized carbons (Fsp3) is 0.333. The van der Waals surface area contributed by atoms with Gasteiger partial charge in [-0.3, -0.25) is 4.79 Å². The van der Waals surface area contributed by atoms with Crippen molar-refractivity contribution < 1.29 is 19.1 Å². The van der Waals surface area contributed by atoms with Crippen molar-refractivity contribution in [1.29, 1.82) is 0 Å². The molecule has 2 aromatic carbocycles. The fourth-order valence-corrected chi connectivity index (χ4v) is 2.66. The van der Waals surface area contributed by atoms with Crippen molar-refractivity contribution in [2.45, 2.75) is 19.8 Å². The van der Waals surface area contributed by atoms with Gasteiger partial charge < -0.3 is 19.6 Å². The van der Waals surface area contributed by atoms with Gasteiger partial charge in [-0.25, -0.2) is 0 Å². The lowest BCUT2D eigenvalue weighted by molar-refractivity contribution is -0.114. The second-order valence-electron chi connectivity index (χ2n) is 5.87. The number of carbonyl (C=O) groups is 1. The van der Waals surface area contributed by atoms with Gasteiger partial charge in [-0.1, -0.05) is 42.4 Å². The Kier molecular flexibility index (Phi) is 7.67. The van der Waals surface area contributed by atoms with Gasteiger partial charge in [-0.2, -0.15) is 0 Å². The van der Waals surface area contributed by atoms with E-state index in [0.717, 1.165) is 17.5 Å². The molecule has 0 saturated carbocycles. The molecule has 0 bridgehead atoms. The molecule has 0 saturated heterocycles. The molecule has 0 unspecified atom stereocenters. The molecule has 0 spiro atoms. The van der Waals surface area contributed by atoms with E-state index >= 15 is 0 Å². The highest BCUT2D eigenvalue weighted by Crippen LogP contribution is 2.27. The van der Waals surface area contributed by atoms with Crippen molar-refractivity contribution in [2.75, 3.05) is 27.9 Å². The molecule has 0 atom stereocenters. The van der Waals surface area contributed by atoms with Crippen LogP contribution in [0.5, 0.6) is 11.5 Å². The standard InChI is InChI=1S/C21H26N2O4/c1-5-15-6-9-17(10-7-15)20(23-27-4)21(24)22-13-12-16-8-11-18(25-2)19(14-16)26-3/h6-11,14H,5,12-13H2,1-4H3,(H,22,24)/b23-20-. The number of rotatable bonds is 9. The van der Waals surface area contributed by atoms with Crippen LogP contribution in [0, 0.1) is 0 Å². The second-order valence-corrected chi connectivity index (χ2v) is 5.87. The minimum Gasteiger partial charge on any atom is -0.493 e. The van der Waals surface area contributed by atoms with Crippen molar-refractivity contribution in [1.82, 2.24) is 5.32 Å². The van der Waals surface area contributed by atoms with Crippen LogP contribution in [0.2, 0.25) is 0 Å². The summed E-state index contributed by atoms with van der Waals surface area (Å²) < 4.78 is 10.5. The molecule has 0 radical (unpaired) electrons. The summed E-state index contributed by atoms with van der Waals surface area (Å²) in [7, 11) is 4.62. The number of hydrogen-bond acceptors (Lipinski definition) is 5. The summed E-state index contributed by atoms with van der Waals surface area (Å²) in [6, 6.07) is 13.4. The van der Waals surface area contributed by atoms with E-state index in [-0.39, 0.29) is 11.6 Å². The number of oxime groups is 1. The number of amides is 1. The Morgan fingerprint density at radius 3 is 2.22 bits per heavy atom. The number of benzene rings is 2. The minimum atomic E-state index is -0.276. The van der Waals surface area contributed by atoms with Gasteiger partial charge in [0.05, 0.1) is 14.2 Å². The van der Waals surface area contributed by atoms with Crippen molar-refractivity contribution in [3.63, 3.8) is 0 Å². The van der Waals surface area contributed by atoms with E-state index in [9.17, 15) is 4.79 Å². The average molecular weight is 370 g/mol. The summed E-state index contributed by atoms with van der Waals surface area (Å²) >= 11 is 0. The summed E-state index contributed by atoms with van der Waals surface area (Å²) in [5, 5.41) is 6.78. The first-order valence-electron chi connectivity index (χ1n) is 8.82. The van der Waals surface area contributed by atoms with Gasteiger partial charge in [-0.05, 0) is 36.1 Å². The maximum absolute atomic E-state index is 12.5. The van der Waals surface area contributed by atoms with Gasteiger partial charge in [0.15, 0.2) is 17.2 Å². The minimum absolute atomic E-state index is 0.257. The zero-order valence-electron chi connectivity index (χ0n) is 16.2. The quantitative estimate of drug-likeness (QED) is 0.544. The Morgan fingerprint density at radius 1 is 0.963 bits per heavy atom. The van der Waals surface area contributed by atoms with Crippen LogP contribution in [0.15, 0.2) is 47.6 Å². The van der Waals surface area contributed by atoms with E-state index in [1.165, 1.54) is 12.7 Å².